The van der Waals surface area contributed by atoms with Crippen molar-refractivity contribution in [3.63, 3.8) is 0 Å². The summed E-state index contributed by atoms with van der Waals surface area (Å²) in [6.07, 6.45) is 0. The topological polar surface area (TPSA) is 71.4 Å². The van der Waals surface area contributed by atoms with Crippen LogP contribution in [0.3, 0.4) is 0 Å². The van der Waals surface area contributed by atoms with E-state index < -0.39 is 41.2 Å². The molecule has 2 rings (SSSR count). The molecule has 4 nitrogen and oxygen atoms in total. The van der Waals surface area contributed by atoms with E-state index in [1.807, 2.05) is 13.8 Å². The summed E-state index contributed by atoms with van der Waals surface area (Å²) in [5.41, 5.74) is 0.926. The highest BCUT2D eigenvalue weighted by atomic mass is 19.1. The van der Waals surface area contributed by atoms with Gasteiger partial charge < -0.3 is 5.11 Å². The van der Waals surface area contributed by atoms with E-state index in [1.165, 1.54) is 24.3 Å². The second kappa shape index (κ2) is 9.59. The van der Waals surface area contributed by atoms with Gasteiger partial charge in [0, 0.05) is 23.3 Å². The van der Waals surface area contributed by atoms with Gasteiger partial charge >= 0.3 is 5.97 Å². The average molecular weight is 398 g/mol. The molecule has 0 fully saturated rings. The number of hydrogen-bond acceptors (Lipinski definition) is 3. The molecule has 29 heavy (non-hydrogen) atoms. The summed E-state index contributed by atoms with van der Waals surface area (Å²) >= 11 is 0. The number of carboxylic acids is 1. The quantitative estimate of drug-likeness (QED) is 0.477. The first kappa shape index (κ1) is 22.5. The summed E-state index contributed by atoms with van der Waals surface area (Å²) < 4.78 is 13.5. The van der Waals surface area contributed by atoms with Gasteiger partial charge in [-0.15, -0.1) is 0 Å². The number of carbonyl (C=O) groups excluding carboxylic acids is 2. The zero-order valence-corrected chi connectivity index (χ0v) is 17.1. The molecule has 5 heteroatoms. The Hall–Kier alpha value is -2.82. The van der Waals surface area contributed by atoms with Crippen LogP contribution in [-0.4, -0.2) is 22.6 Å². The lowest BCUT2D eigenvalue weighted by atomic mass is 9.67. The predicted molar refractivity (Wildman–Crippen MR) is 109 cm³/mol. The largest absolute Gasteiger partial charge is 0.481 e. The minimum atomic E-state index is -1.40. The molecule has 0 heterocycles. The first-order valence-electron chi connectivity index (χ1n) is 9.76. The van der Waals surface area contributed by atoms with Crippen LogP contribution < -0.4 is 0 Å². The van der Waals surface area contributed by atoms with Gasteiger partial charge in [0.1, 0.15) is 17.5 Å². The third-order valence-electron chi connectivity index (χ3n) is 5.22. The molecule has 154 valence electrons. The third kappa shape index (κ3) is 5.17. The minimum Gasteiger partial charge on any atom is -0.481 e. The molecule has 3 unspecified atom stereocenters. The molecule has 0 aliphatic carbocycles. The number of ketones is 2. The molecular formula is C24H27FO4. The maximum absolute atomic E-state index is 13.5. The molecule has 0 aliphatic rings. The first-order valence-corrected chi connectivity index (χ1v) is 9.76. The second-order valence-electron chi connectivity index (χ2n) is 7.95. The van der Waals surface area contributed by atoms with Crippen LogP contribution in [0.1, 0.15) is 49.5 Å². The fourth-order valence-corrected chi connectivity index (χ4v) is 3.78. The van der Waals surface area contributed by atoms with E-state index in [0.29, 0.717) is 11.1 Å². The summed E-state index contributed by atoms with van der Waals surface area (Å²) in [5, 5.41) is 9.96. The van der Waals surface area contributed by atoms with Crippen LogP contribution in [0.15, 0.2) is 54.6 Å². The summed E-state index contributed by atoms with van der Waals surface area (Å²) in [6, 6.07) is 14.0. The molecule has 0 bridgehead atoms. The Morgan fingerprint density at radius 1 is 0.862 bits per heavy atom. The van der Waals surface area contributed by atoms with Crippen molar-refractivity contribution in [2.75, 3.05) is 0 Å². The van der Waals surface area contributed by atoms with Crippen LogP contribution in [0.2, 0.25) is 0 Å². The van der Waals surface area contributed by atoms with E-state index in [1.54, 1.807) is 44.2 Å². The van der Waals surface area contributed by atoms with Gasteiger partial charge in [0.15, 0.2) is 5.78 Å². The molecule has 0 spiro atoms. The van der Waals surface area contributed by atoms with Gasteiger partial charge in [-0.3, -0.25) is 14.4 Å². The molecule has 0 saturated carbocycles. The molecule has 0 radical (unpaired) electrons. The van der Waals surface area contributed by atoms with Gasteiger partial charge in [-0.25, -0.2) is 4.39 Å². The van der Waals surface area contributed by atoms with Crippen LogP contribution in [0.25, 0.3) is 0 Å². The Morgan fingerprint density at radius 3 is 1.86 bits per heavy atom. The highest BCUT2D eigenvalue weighted by Gasteiger charge is 2.44. The Kier molecular flexibility index (Phi) is 7.43. The lowest BCUT2D eigenvalue weighted by Crippen LogP contribution is -2.40. The van der Waals surface area contributed by atoms with E-state index in [9.17, 15) is 23.9 Å². The Morgan fingerprint density at radius 2 is 1.41 bits per heavy atom. The van der Waals surface area contributed by atoms with E-state index in [0.717, 1.165) is 0 Å². The normalized spacial score (nSPS) is 14.4. The van der Waals surface area contributed by atoms with Crippen LogP contribution in [0.5, 0.6) is 0 Å². The zero-order valence-electron chi connectivity index (χ0n) is 17.1. The molecule has 0 saturated heterocycles. The number of Topliss-reactive ketones (excluding diaryl/α,β-unsaturated/α-hetero) is 2. The number of benzene rings is 2. The summed E-state index contributed by atoms with van der Waals surface area (Å²) in [4.78, 5) is 38.5. The summed E-state index contributed by atoms with van der Waals surface area (Å²) in [6.45, 7) is 6.95. The lowest BCUT2D eigenvalue weighted by Gasteiger charge is -2.34. The maximum atomic E-state index is 13.5. The number of carboxylic acid groups (broad SMARTS) is 1. The van der Waals surface area contributed by atoms with Crippen molar-refractivity contribution in [1.82, 2.24) is 0 Å². The van der Waals surface area contributed by atoms with E-state index in [2.05, 4.69) is 0 Å². The van der Waals surface area contributed by atoms with E-state index in [4.69, 9.17) is 0 Å². The fraction of sp³-hybridized carbons (Fsp3) is 0.375. The first-order chi connectivity index (χ1) is 13.6. The molecule has 0 aromatic heterocycles. The Balaban J connectivity index is 2.68. The van der Waals surface area contributed by atoms with Crippen molar-refractivity contribution in [1.29, 1.82) is 0 Å². The van der Waals surface area contributed by atoms with Crippen molar-refractivity contribution in [3.8, 4) is 0 Å². The highest BCUT2D eigenvalue weighted by Crippen LogP contribution is 2.40. The third-order valence-corrected chi connectivity index (χ3v) is 5.22. The monoisotopic (exact) mass is 398 g/mol. The number of carbonyl (C=O) groups is 3. The molecule has 0 aliphatic heterocycles. The minimum absolute atomic E-state index is 0.224. The molecule has 3 atom stereocenters. The van der Waals surface area contributed by atoms with Gasteiger partial charge in [0.05, 0.1) is 0 Å². The van der Waals surface area contributed by atoms with Crippen molar-refractivity contribution < 1.29 is 23.9 Å². The number of halogens is 1. The fourth-order valence-electron chi connectivity index (χ4n) is 3.78. The van der Waals surface area contributed by atoms with Gasteiger partial charge in [0.2, 0.25) is 0 Å². The average Bonchev–Trinajstić information content (AvgIpc) is 2.68. The van der Waals surface area contributed by atoms with Gasteiger partial charge in [-0.05, 0) is 23.6 Å². The summed E-state index contributed by atoms with van der Waals surface area (Å²) in [5.74, 6) is -6.23. The molecule has 2 aromatic carbocycles. The predicted octanol–water partition coefficient (Wildman–Crippen LogP) is 4.99. The van der Waals surface area contributed by atoms with Gasteiger partial charge in [-0.2, -0.15) is 0 Å². The SMILES string of the molecule is CC(C)C(=O)C(C(=O)O)C(c1ccc(F)cc1)C(C(=O)c1ccccc1)C(C)C. The Labute approximate surface area is 170 Å². The number of rotatable bonds is 9. The van der Waals surface area contributed by atoms with Crippen molar-refractivity contribution in [2.45, 2.75) is 33.6 Å². The Bertz CT molecular complexity index is 856. The smallest absolute Gasteiger partial charge is 0.314 e. The van der Waals surface area contributed by atoms with Gasteiger partial charge in [-0.1, -0.05) is 70.2 Å². The van der Waals surface area contributed by atoms with E-state index in [-0.39, 0.29) is 11.7 Å². The van der Waals surface area contributed by atoms with Crippen LogP contribution in [0, 0.1) is 29.5 Å². The number of hydrogen-bond donors (Lipinski definition) is 1. The maximum Gasteiger partial charge on any atom is 0.314 e. The van der Waals surface area contributed by atoms with Crippen LogP contribution in [-0.2, 0) is 9.59 Å². The van der Waals surface area contributed by atoms with Crippen molar-refractivity contribution in [3.05, 3.63) is 71.5 Å². The van der Waals surface area contributed by atoms with Crippen LogP contribution >= 0.6 is 0 Å². The summed E-state index contributed by atoms with van der Waals surface area (Å²) in [7, 11) is 0. The van der Waals surface area contributed by atoms with Crippen molar-refractivity contribution >= 4 is 17.5 Å². The standard InChI is InChI=1S/C24H27FO4/c1-14(2)19(23(27)17-8-6-5-7-9-17)20(16-10-12-18(25)13-11-16)21(24(28)29)22(26)15(3)4/h5-15,19-21H,1-4H3,(H,28,29). The molecule has 2 aromatic rings. The van der Waals surface area contributed by atoms with Gasteiger partial charge in [0.25, 0.3) is 0 Å². The lowest BCUT2D eigenvalue weighted by molar-refractivity contribution is -0.149. The highest BCUT2D eigenvalue weighted by molar-refractivity contribution is 6.03. The van der Waals surface area contributed by atoms with E-state index >= 15 is 0 Å². The second-order valence-corrected chi connectivity index (χ2v) is 7.95. The van der Waals surface area contributed by atoms with Crippen LogP contribution in [0.4, 0.5) is 4.39 Å². The zero-order chi connectivity index (χ0) is 21.7. The molecule has 0 amide bonds. The van der Waals surface area contributed by atoms with Crippen molar-refractivity contribution in [2.24, 2.45) is 23.7 Å². The number of aliphatic carboxylic acids is 1. The molecule has 1 N–H and O–H groups in total. The molecular weight excluding hydrogens is 371 g/mol.